The summed E-state index contributed by atoms with van der Waals surface area (Å²) in [6, 6.07) is 8.10. The molecule has 2 aromatic rings. The first-order valence-electron chi connectivity index (χ1n) is 6.76. The highest BCUT2D eigenvalue weighted by molar-refractivity contribution is 5.27. The van der Waals surface area contributed by atoms with Gasteiger partial charge >= 0.3 is 0 Å². The van der Waals surface area contributed by atoms with E-state index in [4.69, 9.17) is 4.74 Å². The van der Waals surface area contributed by atoms with Crippen LogP contribution in [0, 0.1) is 0 Å². The van der Waals surface area contributed by atoms with Crippen LogP contribution in [0.5, 0.6) is 5.75 Å². The standard InChI is InChI=1S/C15H20N4O/c1-2-10-20-14-7-5-13(6-8-14)11-16-9-3-4-15-17-12-18-19-15/h2,5-8,12,16H,1,3-4,9-11H2,(H,17,18,19). The molecule has 0 amide bonds. The third kappa shape index (κ3) is 4.85. The molecule has 20 heavy (non-hydrogen) atoms. The van der Waals surface area contributed by atoms with Gasteiger partial charge in [-0.25, -0.2) is 4.98 Å². The van der Waals surface area contributed by atoms with E-state index in [0.29, 0.717) is 6.61 Å². The van der Waals surface area contributed by atoms with Gasteiger partial charge < -0.3 is 10.1 Å². The number of rotatable bonds is 9. The van der Waals surface area contributed by atoms with Gasteiger partial charge in [0.25, 0.3) is 0 Å². The minimum absolute atomic E-state index is 0.541. The van der Waals surface area contributed by atoms with Gasteiger partial charge in [-0.1, -0.05) is 24.8 Å². The predicted octanol–water partition coefficient (Wildman–Crippen LogP) is 2.09. The van der Waals surface area contributed by atoms with Crippen molar-refractivity contribution < 1.29 is 4.74 Å². The highest BCUT2D eigenvalue weighted by Crippen LogP contribution is 2.11. The minimum atomic E-state index is 0.541. The van der Waals surface area contributed by atoms with Crippen LogP contribution in [0.2, 0.25) is 0 Å². The third-order valence-electron chi connectivity index (χ3n) is 2.85. The van der Waals surface area contributed by atoms with E-state index in [1.54, 1.807) is 12.4 Å². The van der Waals surface area contributed by atoms with Crippen molar-refractivity contribution in [1.82, 2.24) is 20.5 Å². The van der Waals surface area contributed by atoms with Crippen LogP contribution in [-0.4, -0.2) is 28.3 Å². The van der Waals surface area contributed by atoms with E-state index in [1.165, 1.54) is 5.56 Å². The first-order valence-corrected chi connectivity index (χ1v) is 6.76. The molecule has 0 radical (unpaired) electrons. The molecule has 0 fully saturated rings. The predicted molar refractivity (Wildman–Crippen MR) is 78.5 cm³/mol. The molecule has 106 valence electrons. The van der Waals surface area contributed by atoms with Crippen molar-refractivity contribution in [2.45, 2.75) is 19.4 Å². The van der Waals surface area contributed by atoms with Gasteiger partial charge in [0.2, 0.25) is 0 Å². The van der Waals surface area contributed by atoms with Gasteiger partial charge in [-0.3, -0.25) is 5.10 Å². The molecule has 2 rings (SSSR count). The topological polar surface area (TPSA) is 62.8 Å². The summed E-state index contributed by atoms with van der Waals surface area (Å²) in [5.41, 5.74) is 1.25. The van der Waals surface area contributed by atoms with Crippen LogP contribution < -0.4 is 10.1 Å². The fourth-order valence-corrected chi connectivity index (χ4v) is 1.82. The van der Waals surface area contributed by atoms with E-state index in [9.17, 15) is 0 Å². The molecule has 0 aliphatic carbocycles. The largest absolute Gasteiger partial charge is 0.490 e. The zero-order valence-corrected chi connectivity index (χ0v) is 11.5. The lowest BCUT2D eigenvalue weighted by atomic mass is 10.2. The molecule has 0 bridgehead atoms. The molecule has 2 N–H and O–H groups in total. The van der Waals surface area contributed by atoms with Gasteiger partial charge in [-0.15, -0.1) is 0 Å². The molecule has 5 heteroatoms. The first kappa shape index (κ1) is 14.3. The Bertz CT molecular complexity index is 493. The lowest BCUT2D eigenvalue weighted by Gasteiger charge is -2.06. The Hall–Kier alpha value is -2.14. The number of benzene rings is 1. The van der Waals surface area contributed by atoms with E-state index in [0.717, 1.165) is 37.5 Å². The Morgan fingerprint density at radius 1 is 1.30 bits per heavy atom. The van der Waals surface area contributed by atoms with Crippen LogP contribution in [0.25, 0.3) is 0 Å². The molecule has 0 atom stereocenters. The number of nitrogens with one attached hydrogen (secondary N) is 2. The number of aromatic nitrogens is 3. The van der Waals surface area contributed by atoms with E-state index < -0.39 is 0 Å². The summed E-state index contributed by atoms with van der Waals surface area (Å²) in [4.78, 5) is 4.09. The maximum atomic E-state index is 5.44. The van der Waals surface area contributed by atoms with Gasteiger partial charge in [0.05, 0.1) is 0 Å². The fourth-order valence-electron chi connectivity index (χ4n) is 1.82. The average molecular weight is 272 g/mol. The van der Waals surface area contributed by atoms with Gasteiger partial charge in [-0.05, 0) is 30.7 Å². The lowest BCUT2D eigenvalue weighted by molar-refractivity contribution is 0.363. The second kappa shape index (κ2) is 8.12. The number of aromatic amines is 1. The van der Waals surface area contributed by atoms with Gasteiger partial charge in [-0.2, -0.15) is 5.10 Å². The molecule has 1 heterocycles. The second-order valence-electron chi connectivity index (χ2n) is 4.46. The summed E-state index contributed by atoms with van der Waals surface area (Å²) >= 11 is 0. The van der Waals surface area contributed by atoms with Gasteiger partial charge in [0.1, 0.15) is 24.5 Å². The Morgan fingerprint density at radius 3 is 2.85 bits per heavy atom. The van der Waals surface area contributed by atoms with E-state index in [-0.39, 0.29) is 0 Å². The molecule has 5 nitrogen and oxygen atoms in total. The Morgan fingerprint density at radius 2 is 2.15 bits per heavy atom. The van der Waals surface area contributed by atoms with Gasteiger partial charge in [0, 0.05) is 13.0 Å². The molecule has 1 aromatic heterocycles. The summed E-state index contributed by atoms with van der Waals surface area (Å²) in [6.07, 6.45) is 5.24. The molecule has 0 unspecified atom stereocenters. The number of hydrogen-bond donors (Lipinski definition) is 2. The molecule has 0 saturated heterocycles. The zero-order chi connectivity index (χ0) is 14.0. The van der Waals surface area contributed by atoms with E-state index in [2.05, 4.69) is 39.2 Å². The van der Waals surface area contributed by atoms with Crippen molar-refractivity contribution in [3.8, 4) is 5.75 Å². The van der Waals surface area contributed by atoms with Crippen LogP contribution in [0.1, 0.15) is 17.8 Å². The maximum Gasteiger partial charge on any atom is 0.137 e. The van der Waals surface area contributed by atoms with Crippen molar-refractivity contribution in [3.05, 3.63) is 54.6 Å². The van der Waals surface area contributed by atoms with Crippen molar-refractivity contribution in [1.29, 1.82) is 0 Å². The first-order chi connectivity index (χ1) is 9.88. The van der Waals surface area contributed by atoms with Crippen molar-refractivity contribution >= 4 is 0 Å². The van der Waals surface area contributed by atoms with Crippen molar-refractivity contribution in [3.63, 3.8) is 0 Å². The number of nitrogens with zero attached hydrogens (tertiary/aromatic N) is 2. The molecule has 0 aliphatic heterocycles. The maximum absolute atomic E-state index is 5.44. The lowest BCUT2D eigenvalue weighted by Crippen LogP contribution is -2.15. The van der Waals surface area contributed by atoms with Crippen LogP contribution in [0.15, 0.2) is 43.2 Å². The summed E-state index contributed by atoms with van der Waals surface area (Å²) in [7, 11) is 0. The highest BCUT2D eigenvalue weighted by atomic mass is 16.5. The Balaban J connectivity index is 1.62. The van der Waals surface area contributed by atoms with Crippen LogP contribution in [-0.2, 0) is 13.0 Å². The molecular formula is C15H20N4O. The SMILES string of the molecule is C=CCOc1ccc(CNCCCc2ncn[nH]2)cc1. The van der Waals surface area contributed by atoms with E-state index >= 15 is 0 Å². The summed E-state index contributed by atoms with van der Waals surface area (Å²) in [5, 5.41) is 10.1. The monoisotopic (exact) mass is 272 g/mol. The third-order valence-corrected chi connectivity index (χ3v) is 2.85. The summed E-state index contributed by atoms with van der Waals surface area (Å²) < 4.78 is 5.44. The minimum Gasteiger partial charge on any atom is -0.490 e. The number of aryl methyl sites for hydroxylation is 1. The quantitative estimate of drug-likeness (QED) is 0.542. The number of hydrogen-bond acceptors (Lipinski definition) is 4. The van der Waals surface area contributed by atoms with Crippen molar-refractivity contribution in [2.24, 2.45) is 0 Å². The number of ether oxygens (including phenoxy) is 1. The fraction of sp³-hybridized carbons (Fsp3) is 0.333. The van der Waals surface area contributed by atoms with Crippen LogP contribution >= 0.6 is 0 Å². The molecule has 0 saturated carbocycles. The van der Waals surface area contributed by atoms with Gasteiger partial charge in [0.15, 0.2) is 0 Å². The normalized spacial score (nSPS) is 10.4. The number of H-pyrrole nitrogens is 1. The summed E-state index contributed by atoms with van der Waals surface area (Å²) in [6.45, 7) is 5.98. The molecule has 0 aliphatic rings. The van der Waals surface area contributed by atoms with Crippen molar-refractivity contribution in [2.75, 3.05) is 13.2 Å². The molecule has 0 spiro atoms. The molecule has 1 aromatic carbocycles. The molecular weight excluding hydrogens is 252 g/mol. The van der Waals surface area contributed by atoms with E-state index in [1.807, 2.05) is 12.1 Å². The Labute approximate surface area is 119 Å². The van der Waals surface area contributed by atoms with Crippen LogP contribution in [0.4, 0.5) is 0 Å². The van der Waals surface area contributed by atoms with Crippen LogP contribution in [0.3, 0.4) is 0 Å². The second-order valence-corrected chi connectivity index (χ2v) is 4.46. The Kier molecular flexibility index (Phi) is 5.79. The highest BCUT2D eigenvalue weighted by Gasteiger charge is 1.97. The average Bonchev–Trinajstić information content (AvgIpc) is 2.99. The zero-order valence-electron chi connectivity index (χ0n) is 11.5. The summed E-state index contributed by atoms with van der Waals surface area (Å²) in [5.74, 6) is 1.81. The smallest absolute Gasteiger partial charge is 0.137 e.